The van der Waals surface area contributed by atoms with Crippen molar-refractivity contribution in [3.05, 3.63) is 89.7 Å². The van der Waals surface area contributed by atoms with E-state index in [0.29, 0.717) is 26.1 Å². The molecule has 3 aromatic rings. The molecule has 0 unspecified atom stereocenters. The summed E-state index contributed by atoms with van der Waals surface area (Å²) in [6.45, 7) is 6.78. The summed E-state index contributed by atoms with van der Waals surface area (Å²) in [5.74, 6) is 1.01. The van der Waals surface area contributed by atoms with E-state index in [1.807, 2.05) is 17.0 Å². The molecule has 0 spiro atoms. The highest BCUT2D eigenvalue weighted by atomic mass is 16.5. The number of carbonyl (C=O) groups excluding carboxylic acids is 1. The van der Waals surface area contributed by atoms with Gasteiger partial charge in [0.05, 0.1) is 13.0 Å². The first-order valence-corrected chi connectivity index (χ1v) is 11.7. The topological polar surface area (TPSA) is 48.9 Å². The van der Waals surface area contributed by atoms with Crippen molar-refractivity contribution in [2.75, 3.05) is 44.2 Å². The van der Waals surface area contributed by atoms with Gasteiger partial charge >= 0.3 is 0 Å². The first kappa shape index (κ1) is 21.5. The van der Waals surface area contributed by atoms with Crippen LogP contribution in [0.3, 0.4) is 0 Å². The number of anilines is 1. The third-order valence-electron chi connectivity index (χ3n) is 6.44. The molecule has 1 saturated heterocycles. The van der Waals surface area contributed by atoms with Gasteiger partial charge in [-0.2, -0.15) is 0 Å². The molecule has 2 aliphatic rings. The second-order valence-corrected chi connectivity index (χ2v) is 8.74. The summed E-state index contributed by atoms with van der Waals surface area (Å²) < 4.78 is 5.96. The van der Waals surface area contributed by atoms with Crippen molar-refractivity contribution >= 4 is 11.6 Å². The third-order valence-corrected chi connectivity index (χ3v) is 6.44. The highest BCUT2D eigenvalue weighted by Gasteiger charge is 2.22. The maximum atomic E-state index is 12.9. The van der Waals surface area contributed by atoms with Gasteiger partial charge in [-0.1, -0.05) is 30.3 Å². The molecule has 0 atom stereocenters. The zero-order valence-electron chi connectivity index (χ0n) is 18.9. The SMILES string of the molecule is O=C(Cc1cccnc1)N1CCOc2ccc(CN3CCN(c4ccccc4)CC3)cc2C1. The van der Waals surface area contributed by atoms with Crippen molar-refractivity contribution in [1.82, 2.24) is 14.8 Å². The molecule has 0 saturated carbocycles. The smallest absolute Gasteiger partial charge is 0.227 e. The van der Waals surface area contributed by atoms with Crippen molar-refractivity contribution in [2.24, 2.45) is 0 Å². The van der Waals surface area contributed by atoms with Crippen LogP contribution in [0.2, 0.25) is 0 Å². The summed E-state index contributed by atoms with van der Waals surface area (Å²) in [6.07, 6.45) is 3.86. The van der Waals surface area contributed by atoms with E-state index >= 15 is 0 Å². The highest BCUT2D eigenvalue weighted by molar-refractivity contribution is 5.78. The molecule has 1 aromatic heterocycles. The largest absolute Gasteiger partial charge is 0.491 e. The summed E-state index contributed by atoms with van der Waals surface area (Å²) in [5, 5.41) is 0. The lowest BCUT2D eigenvalue weighted by Crippen LogP contribution is -2.45. The van der Waals surface area contributed by atoms with Crippen LogP contribution in [-0.4, -0.2) is 60.0 Å². The molecule has 2 aliphatic heterocycles. The van der Waals surface area contributed by atoms with Crippen LogP contribution >= 0.6 is 0 Å². The van der Waals surface area contributed by atoms with Crippen LogP contribution in [0.4, 0.5) is 5.69 Å². The average Bonchev–Trinajstić information content (AvgIpc) is 3.08. The maximum absolute atomic E-state index is 12.9. The zero-order valence-corrected chi connectivity index (χ0v) is 18.9. The number of aromatic nitrogens is 1. The number of benzene rings is 2. The van der Waals surface area contributed by atoms with Crippen molar-refractivity contribution in [2.45, 2.75) is 19.5 Å². The van der Waals surface area contributed by atoms with Crippen LogP contribution in [0.1, 0.15) is 16.7 Å². The van der Waals surface area contributed by atoms with Gasteiger partial charge in [0.2, 0.25) is 5.91 Å². The van der Waals surface area contributed by atoms with Gasteiger partial charge in [-0.15, -0.1) is 0 Å². The van der Waals surface area contributed by atoms with E-state index in [1.54, 1.807) is 12.4 Å². The number of amides is 1. The van der Waals surface area contributed by atoms with E-state index in [0.717, 1.165) is 49.6 Å². The molecule has 0 radical (unpaired) electrons. The maximum Gasteiger partial charge on any atom is 0.227 e. The molecule has 1 fully saturated rings. The number of pyridine rings is 1. The summed E-state index contributed by atoms with van der Waals surface area (Å²) in [4.78, 5) is 23.9. The van der Waals surface area contributed by atoms with Crippen molar-refractivity contribution in [3.63, 3.8) is 0 Å². The van der Waals surface area contributed by atoms with Crippen molar-refractivity contribution in [3.8, 4) is 5.75 Å². The molecular weight excluding hydrogens is 412 g/mol. The first-order chi connectivity index (χ1) is 16.2. The Bertz CT molecular complexity index is 1070. The number of nitrogens with zero attached hydrogens (tertiary/aromatic N) is 4. The lowest BCUT2D eigenvalue weighted by atomic mass is 10.1. The fraction of sp³-hybridized carbons (Fsp3) is 0.333. The Morgan fingerprint density at radius 3 is 2.55 bits per heavy atom. The van der Waals surface area contributed by atoms with Gasteiger partial charge in [0.15, 0.2) is 0 Å². The molecule has 5 rings (SSSR count). The van der Waals surface area contributed by atoms with Gasteiger partial charge in [-0.3, -0.25) is 14.7 Å². The van der Waals surface area contributed by atoms with Crippen molar-refractivity contribution < 1.29 is 9.53 Å². The Labute approximate surface area is 195 Å². The quantitative estimate of drug-likeness (QED) is 0.606. The fourth-order valence-corrected chi connectivity index (χ4v) is 4.61. The fourth-order valence-electron chi connectivity index (χ4n) is 4.61. The molecule has 1 amide bonds. The van der Waals surface area contributed by atoms with Crippen LogP contribution < -0.4 is 9.64 Å². The first-order valence-electron chi connectivity index (χ1n) is 11.7. The number of fused-ring (bicyclic) bond motifs is 1. The Morgan fingerprint density at radius 1 is 0.909 bits per heavy atom. The van der Waals surface area contributed by atoms with Crippen LogP contribution in [0.5, 0.6) is 5.75 Å². The number of carbonyl (C=O) groups is 1. The molecule has 3 heterocycles. The van der Waals surface area contributed by atoms with Crippen LogP contribution in [0, 0.1) is 0 Å². The van der Waals surface area contributed by atoms with Gasteiger partial charge in [-0.25, -0.2) is 0 Å². The predicted octanol–water partition coefficient (Wildman–Crippen LogP) is 3.37. The van der Waals surface area contributed by atoms with Crippen LogP contribution in [0.25, 0.3) is 0 Å². The van der Waals surface area contributed by atoms with E-state index in [4.69, 9.17) is 4.74 Å². The molecule has 170 valence electrons. The Morgan fingerprint density at radius 2 is 1.76 bits per heavy atom. The molecule has 6 nitrogen and oxygen atoms in total. The minimum Gasteiger partial charge on any atom is -0.491 e. The molecular formula is C27H30N4O2. The third kappa shape index (κ3) is 5.34. The zero-order chi connectivity index (χ0) is 22.5. The monoisotopic (exact) mass is 442 g/mol. The lowest BCUT2D eigenvalue weighted by Gasteiger charge is -2.36. The Balaban J connectivity index is 1.21. The molecule has 0 aliphatic carbocycles. The van der Waals surface area contributed by atoms with E-state index < -0.39 is 0 Å². The van der Waals surface area contributed by atoms with Crippen LogP contribution in [-0.2, 0) is 24.3 Å². The number of para-hydroxylation sites is 1. The van der Waals surface area contributed by atoms with Gasteiger partial charge in [0, 0.05) is 62.9 Å². The normalized spacial score (nSPS) is 16.6. The molecule has 0 N–H and O–H groups in total. The van der Waals surface area contributed by atoms with Crippen molar-refractivity contribution in [1.29, 1.82) is 0 Å². The standard InChI is InChI=1S/C27H30N4O2/c32-27(18-22-5-4-10-28-19-22)31-15-16-33-26-9-8-23(17-24(26)21-31)20-29-11-13-30(14-12-29)25-6-2-1-3-7-25/h1-10,17,19H,11-16,18,20-21H2. The highest BCUT2D eigenvalue weighted by Crippen LogP contribution is 2.26. The number of hydrogen-bond donors (Lipinski definition) is 0. The molecule has 0 bridgehead atoms. The number of piperazine rings is 1. The van der Waals surface area contributed by atoms with Crippen LogP contribution in [0.15, 0.2) is 73.1 Å². The van der Waals surface area contributed by atoms with E-state index in [-0.39, 0.29) is 5.91 Å². The van der Waals surface area contributed by atoms with Gasteiger partial charge in [-0.05, 0) is 41.5 Å². The molecule has 6 heteroatoms. The second-order valence-electron chi connectivity index (χ2n) is 8.74. The summed E-state index contributed by atoms with van der Waals surface area (Å²) >= 11 is 0. The minimum absolute atomic E-state index is 0.113. The van der Waals surface area contributed by atoms with Gasteiger partial charge < -0.3 is 14.5 Å². The number of hydrogen-bond acceptors (Lipinski definition) is 5. The predicted molar refractivity (Wildman–Crippen MR) is 129 cm³/mol. The Hall–Kier alpha value is -3.38. The van der Waals surface area contributed by atoms with E-state index in [1.165, 1.54) is 11.3 Å². The lowest BCUT2D eigenvalue weighted by molar-refractivity contribution is -0.131. The second kappa shape index (κ2) is 10.0. The van der Waals surface area contributed by atoms with E-state index in [2.05, 4.69) is 63.3 Å². The minimum atomic E-state index is 0.113. The Kier molecular flexibility index (Phi) is 6.53. The van der Waals surface area contributed by atoms with Gasteiger partial charge in [0.25, 0.3) is 0 Å². The summed E-state index contributed by atoms with van der Waals surface area (Å²) in [7, 11) is 0. The number of ether oxygens (including phenoxy) is 1. The average molecular weight is 443 g/mol. The summed E-state index contributed by atoms with van der Waals surface area (Å²) in [5.41, 5.74) is 4.60. The van der Waals surface area contributed by atoms with Gasteiger partial charge in [0.1, 0.15) is 12.4 Å². The summed E-state index contributed by atoms with van der Waals surface area (Å²) in [6, 6.07) is 20.9. The molecule has 2 aromatic carbocycles. The number of rotatable bonds is 5. The van der Waals surface area contributed by atoms with E-state index in [9.17, 15) is 4.79 Å². The molecule has 33 heavy (non-hydrogen) atoms.